The molecule has 0 aromatic carbocycles. The van der Waals surface area contributed by atoms with Crippen molar-refractivity contribution in [1.29, 1.82) is 0 Å². The molecule has 2 atom stereocenters. The van der Waals surface area contributed by atoms with Gasteiger partial charge in [0.15, 0.2) is 0 Å². The maximum Gasteiger partial charge on any atom is 0.326 e. The van der Waals surface area contributed by atoms with Crippen LogP contribution in [-0.4, -0.2) is 40.6 Å². The van der Waals surface area contributed by atoms with Crippen molar-refractivity contribution in [2.24, 2.45) is 5.73 Å². The fourth-order valence-corrected chi connectivity index (χ4v) is 2.26. The minimum absolute atomic E-state index is 0.0321. The minimum Gasteiger partial charge on any atom is -0.480 e. The van der Waals surface area contributed by atoms with Gasteiger partial charge >= 0.3 is 12.0 Å². The Morgan fingerprint density at radius 1 is 1.48 bits per heavy atom. The van der Waals surface area contributed by atoms with Gasteiger partial charge in [0.25, 0.3) is 0 Å². The Balaban J connectivity index is 2.39. The highest BCUT2D eigenvalue weighted by atomic mass is 32.1. The van der Waals surface area contributed by atoms with Crippen molar-refractivity contribution in [3.63, 3.8) is 0 Å². The van der Waals surface area contributed by atoms with Gasteiger partial charge in [0.1, 0.15) is 6.04 Å². The Hall–Kier alpha value is -2.16. The van der Waals surface area contributed by atoms with E-state index >= 15 is 0 Å². The number of nitrogens with one attached hydrogen (secondary N) is 2. The van der Waals surface area contributed by atoms with Crippen LogP contribution in [0.5, 0.6) is 0 Å². The number of amides is 3. The highest BCUT2D eigenvalue weighted by Gasteiger charge is 2.20. The molecule has 0 aliphatic rings. The summed E-state index contributed by atoms with van der Waals surface area (Å²) in [6.45, 7) is 2.24. The number of primary amides is 1. The number of nitrogens with zero attached hydrogens (tertiary/aromatic N) is 1. The first-order valence-electron chi connectivity index (χ1n) is 6.35. The molecule has 0 spiro atoms. The van der Waals surface area contributed by atoms with Crippen LogP contribution in [-0.2, 0) is 9.59 Å². The Bertz CT molecular complexity index is 491. The lowest BCUT2D eigenvalue weighted by atomic mass is 10.1. The van der Waals surface area contributed by atoms with Gasteiger partial charge in [-0.15, -0.1) is 11.3 Å². The molecule has 1 unspecified atom stereocenters. The third kappa shape index (κ3) is 6.21. The third-order valence-corrected chi connectivity index (χ3v) is 3.73. The van der Waals surface area contributed by atoms with Crippen molar-refractivity contribution in [2.75, 3.05) is 6.54 Å². The summed E-state index contributed by atoms with van der Waals surface area (Å²) in [5.74, 6) is -1.79. The number of carboxylic acid groups (broad SMARTS) is 1. The van der Waals surface area contributed by atoms with Crippen LogP contribution in [0.15, 0.2) is 11.6 Å². The predicted molar refractivity (Wildman–Crippen MR) is 76.9 cm³/mol. The zero-order valence-electron chi connectivity index (χ0n) is 11.5. The quantitative estimate of drug-likeness (QED) is 0.546. The van der Waals surface area contributed by atoms with Gasteiger partial charge in [0.05, 0.1) is 5.01 Å². The van der Waals surface area contributed by atoms with Gasteiger partial charge < -0.3 is 21.5 Å². The molecule has 116 valence electrons. The lowest BCUT2D eigenvalue weighted by Gasteiger charge is -2.15. The summed E-state index contributed by atoms with van der Waals surface area (Å²) in [6.07, 6.45) is 1.54. The van der Waals surface area contributed by atoms with E-state index in [0.29, 0.717) is 6.54 Å². The topological polar surface area (TPSA) is 134 Å². The summed E-state index contributed by atoms with van der Waals surface area (Å²) in [7, 11) is 0. The van der Waals surface area contributed by atoms with Crippen LogP contribution in [0, 0.1) is 0 Å². The number of thiazole rings is 1. The molecule has 8 nitrogen and oxygen atoms in total. The van der Waals surface area contributed by atoms with Crippen molar-refractivity contribution < 1.29 is 19.5 Å². The minimum atomic E-state index is -1.21. The molecule has 0 aliphatic heterocycles. The molecule has 0 radical (unpaired) electrons. The highest BCUT2D eigenvalue weighted by Crippen LogP contribution is 2.16. The van der Waals surface area contributed by atoms with Crippen molar-refractivity contribution in [1.82, 2.24) is 15.6 Å². The summed E-state index contributed by atoms with van der Waals surface area (Å²) in [5.41, 5.74) is 4.96. The van der Waals surface area contributed by atoms with E-state index in [2.05, 4.69) is 15.6 Å². The van der Waals surface area contributed by atoms with E-state index in [1.54, 1.807) is 6.20 Å². The standard InChI is InChI=1S/C12H18N4O4S/c1-7(10-14-4-5-21-10)6-15-12(20)16-8(11(18)19)2-3-9(13)17/h4-5,7-8H,2-3,6H2,1H3,(H2,13,17)(H,18,19)(H2,15,16,20)/t7?,8-/m0/s1. The molecule has 1 rings (SSSR count). The summed E-state index contributed by atoms with van der Waals surface area (Å²) in [6, 6.07) is -1.75. The van der Waals surface area contributed by atoms with E-state index in [1.807, 2.05) is 12.3 Å². The van der Waals surface area contributed by atoms with Crippen molar-refractivity contribution in [3.05, 3.63) is 16.6 Å². The molecule has 5 N–H and O–H groups in total. The number of aromatic nitrogens is 1. The molecule has 21 heavy (non-hydrogen) atoms. The van der Waals surface area contributed by atoms with Crippen LogP contribution in [0.1, 0.15) is 30.7 Å². The molecule has 1 aromatic rings. The monoisotopic (exact) mass is 314 g/mol. The van der Waals surface area contributed by atoms with E-state index < -0.39 is 23.9 Å². The second-order valence-electron chi connectivity index (χ2n) is 4.52. The zero-order chi connectivity index (χ0) is 15.8. The Labute approximate surface area is 125 Å². The van der Waals surface area contributed by atoms with Crippen molar-refractivity contribution in [3.8, 4) is 0 Å². The fourth-order valence-electron chi connectivity index (χ4n) is 1.56. The van der Waals surface area contributed by atoms with E-state index in [9.17, 15) is 14.4 Å². The zero-order valence-corrected chi connectivity index (χ0v) is 12.4. The second-order valence-corrected chi connectivity index (χ2v) is 5.45. The van der Waals surface area contributed by atoms with E-state index in [1.165, 1.54) is 11.3 Å². The molecule has 1 aromatic heterocycles. The average molecular weight is 314 g/mol. The molecule has 1 heterocycles. The van der Waals surface area contributed by atoms with Crippen LogP contribution >= 0.6 is 11.3 Å². The first kappa shape index (κ1) is 16.9. The van der Waals surface area contributed by atoms with Crippen LogP contribution in [0.25, 0.3) is 0 Å². The average Bonchev–Trinajstić information content (AvgIpc) is 2.94. The van der Waals surface area contributed by atoms with Gasteiger partial charge in [-0.25, -0.2) is 14.6 Å². The lowest BCUT2D eigenvalue weighted by Crippen LogP contribution is -2.47. The third-order valence-electron chi connectivity index (χ3n) is 2.72. The number of nitrogens with two attached hydrogens (primary N) is 1. The van der Waals surface area contributed by atoms with Gasteiger partial charge in [0.2, 0.25) is 5.91 Å². The summed E-state index contributed by atoms with van der Waals surface area (Å²) in [4.78, 5) is 37.4. The smallest absolute Gasteiger partial charge is 0.326 e. The molecule has 0 saturated carbocycles. The van der Waals surface area contributed by atoms with Crippen LogP contribution in [0.4, 0.5) is 4.79 Å². The predicted octanol–water partition coefficient (Wildman–Crippen LogP) is 0.265. The van der Waals surface area contributed by atoms with Crippen LogP contribution in [0.2, 0.25) is 0 Å². The molecule has 3 amide bonds. The summed E-state index contributed by atoms with van der Waals surface area (Å²) < 4.78 is 0. The van der Waals surface area contributed by atoms with Gasteiger partial charge in [-0.05, 0) is 6.42 Å². The van der Waals surface area contributed by atoms with Crippen LogP contribution in [0.3, 0.4) is 0 Å². The molecule has 0 saturated heterocycles. The Morgan fingerprint density at radius 2 is 2.19 bits per heavy atom. The number of carboxylic acids is 1. The number of aliphatic carboxylic acids is 1. The Kier molecular flexibility index (Phi) is 6.60. The maximum atomic E-state index is 11.7. The van der Waals surface area contributed by atoms with Crippen molar-refractivity contribution >= 4 is 29.2 Å². The van der Waals surface area contributed by atoms with E-state index in [0.717, 1.165) is 5.01 Å². The van der Waals surface area contributed by atoms with Gasteiger partial charge in [-0.1, -0.05) is 6.92 Å². The largest absolute Gasteiger partial charge is 0.480 e. The first-order chi connectivity index (χ1) is 9.90. The maximum absolute atomic E-state index is 11.7. The van der Waals surface area contributed by atoms with Crippen LogP contribution < -0.4 is 16.4 Å². The van der Waals surface area contributed by atoms with Gasteiger partial charge in [0, 0.05) is 30.5 Å². The summed E-state index contributed by atoms with van der Waals surface area (Å²) in [5, 5.41) is 16.6. The van der Waals surface area contributed by atoms with E-state index in [4.69, 9.17) is 10.8 Å². The molecule has 9 heteroatoms. The molecular formula is C12H18N4O4S. The number of carbonyl (C=O) groups is 3. The molecule has 0 aliphatic carbocycles. The Morgan fingerprint density at radius 3 is 2.71 bits per heavy atom. The number of hydrogen-bond donors (Lipinski definition) is 4. The fraction of sp³-hybridized carbons (Fsp3) is 0.500. The summed E-state index contributed by atoms with van der Waals surface area (Å²) >= 11 is 1.48. The SMILES string of the molecule is CC(CNC(=O)N[C@@H](CCC(N)=O)C(=O)O)c1nccs1. The van der Waals surface area contributed by atoms with Gasteiger partial charge in [-0.3, -0.25) is 4.79 Å². The highest BCUT2D eigenvalue weighted by molar-refractivity contribution is 7.09. The lowest BCUT2D eigenvalue weighted by molar-refractivity contribution is -0.139. The van der Waals surface area contributed by atoms with Gasteiger partial charge in [-0.2, -0.15) is 0 Å². The first-order valence-corrected chi connectivity index (χ1v) is 7.23. The number of rotatable bonds is 8. The second kappa shape index (κ2) is 8.20. The molecular weight excluding hydrogens is 296 g/mol. The number of urea groups is 1. The van der Waals surface area contributed by atoms with E-state index in [-0.39, 0.29) is 18.8 Å². The van der Waals surface area contributed by atoms with Crippen molar-refractivity contribution in [2.45, 2.75) is 31.7 Å². The normalized spacial score (nSPS) is 13.2. The molecule has 0 bridgehead atoms. The number of hydrogen-bond acceptors (Lipinski definition) is 5. The number of carbonyl (C=O) groups excluding carboxylic acids is 2. The molecule has 0 fully saturated rings.